The Morgan fingerprint density at radius 3 is 2.16 bits per heavy atom. The molecule has 5 heteroatoms. The smallest absolute Gasteiger partial charge is 0.410 e. The second-order valence-corrected chi connectivity index (χ2v) is 6.10. The topological polar surface area (TPSA) is 55.8 Å². The Bertz CT molecular complexity index is 329. The van der Waals surface area contributed by atoms with E-state index in [0.717, 1.165) is 25.7 Å². The standard InChI is InChI=1S/C14H25NO4/c1-14(2,3)19-13(17)15(4)11(12(16)18-5)10-8-6-7-9-10/h10-11H,6-9H2,1-5H3/t11-/m1/s1. The number of nitrogens with zero attached hydrogens (tertiary/aromatic N) is 1. The highest BCUT2D eigenvalue weighted by atomic mass is 16.6. The minimum Gasteiger partial charge on any atom is -0.467 e. The van der Waals surface area contributed by atoms with E-state index in [2.05, 4.69) is 0 Å². The number of esters is 1. The lowest BCUT2D eigenvalue weighted by Gasteiger charge is -2.32. The average molecular weight is 271 g/mol. The highest BCUT2D eigenvalue weighted by Gasteiger charge is 2.38. The van der Waals surface area contributed by atoms with Crippen LogP contribution in [0.3, 0.4) is 0 Å². The minimum atomic E-state index is -0.568. The molecule has 0 spiro atoms. The molecule has 1 saturated carbocycles. The lowest BCUT2D eigenvalue weighted by molar-refractivity contribution is -0.148. The molecule has 5 nitrogen and oxygen atoms in total. The van der Waals surface area contributed by atoms with Crippen LogP contribution in [-0.2, 0) is 14.3 Å². The van der Waals surface area contributed by atoms with Crippen LogP contribution in [0.1, 0.15) is 46.5 Å². The van der Waals surface area contributed by atoms with Gasteiger partial charge in [0, 0.05) is 7.05 Å². The summed E-state index contributed by atoms with van der Waals surface area (Å²) >= 11 is 0. The zero-order valence-corrected chi connectivity index (χ0v) is 12.6. The molecule has 1 aliphatic rings. The maximum absolute atomic E-state index is 12.1. The van der Waals surface area contributed by atoms with Crippen LogP contribution in [-0.4, -0.2) is 42.8 Å². The highest BCUT2D eigenvalue weighted by molar-refractivity contribution is 5.81. The number of ether oxygens (including phenoxy) is 2. The predicted molar refractivity (Wildman–Crippen MR) is 71.8 cm³/mol. The zero-order chi connectivity index (χ0) is 14.6. The average Bonchev–Trinajstić information content (AvgIpc) is 2.80. The van der Waals surface area contributed by atoms with Crippen LogP contribution in [0.15, 0.2) is 0 Å². The van der Waals surface area contributed by atoms with Crippen molar-refractivity contribution in [2.24, 2.45) is 5.92 Å². The number of hydrogen-bond acceptors (Lipinski definition) is 4. The van der Waals surface area contributed by atoms with E-state index in [1.807, 2.05) is 20.8 Å². The van der Waals surface area contributed by atoms with Crippen LogP contribution in [0, 0.1) is 5.92 Å². The number of methoxy groups -OCH3 is 1. The summed E-state index contributed by atoms with van der Waals surface area (Å²) in [6.45, 7) is 5.42. The molecule has 0 N–H and O–H groups in total. The molecule has 0 heterocycles. The van der Waals surface area contributed by atoms with E-state index < -0.39 is 17.7 Å². The molecule has 0 radical (unpaired) electrons. The zero-order valence-electron chi connectivity index (χ0n) is 12.6. The van der Waals surface area contributed by atoms with Crippen molar-refractivity contribution >= 4 is 12.1 Å². The van der Waals surface area contributed by atoms with Gasteiger partial charge in [0.1, 0.15) is 11.6 Å². The largest absolute Gasteiger partial charge is 0.467 e. The predicted octanol–water partition coefficient (Wildman–Crippen LogP) is 2.59. The van der Waals surface area contributed by atoms with Crippen molar-refractivity contribution in [2.75, 3.05) is 14.2 Å². The molecule has 1 amide bonds. The van der Waals surface area contributed by atoms with Crippen molar-refractivity contribution in [1.29, 1.82) is 0 Å². The molecule has 0 unspecified atom stereocenters. The molecule has 110 valence electrons. The van der Waals surface area contributed by atoms with E-state index in [9.17, 15) is 9.59 Å². The summed E-state index contributed by atoms with van der Waals surface area (Å²) in [5, 5.41) is 0. The van der Waals surface area contributed by atoms with Crippen LogP contribution in [0.5, 0.6) is 0 Å². The first-order valence-electron chi connectivity index (χ1n) is 6.80. The lowest BCUT2D eigenvalue weighted by atomic mass is 9.97. The van der Waals surface area contributed by atoms with Crippen LogP contribution >= 0.6 is 0 Å². The lowest BCUT2D eigenvalue weighted by Crippen LogP contribution is -2.48. The Morgan fingerprint density at radius 2 is 1.74 bits per heavy atom. The van der Waals surface area contributed by atoms with Gasteiger partial charge in [0.15, 0.2) is 0 Å². The monoisotopic (exact) mass is 271 g/mol. The van der Waals surface area contributed by atoms with Gasteiger partial charge in [-0.3, -0.25) is 4.90 Å². The van der Waals surface area contributed by atoms with Crippen LogP contribution in [0.4, 0.5) is 4.79 Å². The van der Waals surface area contributed by atoms with Crippen LogP contribution in [0.2, 0.25) is 0 Å². The van der Waals surface area contributed by atoms with Crippen LogP contribution < -0.4 is 0 Å². The number of carbonyl (C=O) groups excluding carboxylic acids is 2. The number of carbonyl (C=O) groups is 2. The highest BCUT2D eigenvalue weighted by Crippen LogP contribution is 2.31. The quantitative estimate of drug-likeness (QED) is 0.740. The van der Waals surface area contributed by atoms with E-state index in [0.29, 0.717) is 0 Å². The molecule has 1 aliphatic carbocycles. The SMILES string of the molecule is COC(=O)[C@@H](C1CCCC1)N(C)C(=O)OC(C)(C)C. The molecule has 1 rings (SSSR count). The third-order valence-electron chi connectivity index (χ3n) is 3.39. The molecular weight excluding hydrogens is 246 g/mol. The Morgan fingerprint density at radius 1 is 1.21 bits per heavy atom. The summed E-state index contributed by atoms with van der Waals surface area (Å²) in [7, 11) is 2.96. The van der Waals surface area contributed by atoms with Crippen molar-refractivity contribution in [1.82, 2.24) is 4.90 Å². The third-order valence-corrected chi connectivity index (χ3v) is 3.39. The minimum absolute atomic E-state index is 0.171. The molecule has 0 aromatic carbocycles. The van der Waals surface area contributed by atoms with Gasteiger partial charge in [-0.2, -0.15) is 0 Å². The molecule has 0 bridgehead atoms. The van der Waals surface area contributed by atoms with Gasteiger partial charge >= 0.3 is 12.1 Å². The van der Waals surface area contributed by atoms with Crippen molar-refractivity contribution in [3.8, 4) is 0 Å². The van der Waals surface area contributed by atoms with E-state index >= 15 is 0 Å². The van der Waals surface area contributed by atoms with Crippen LogP contribution in [0.25, 0.3) is 0 Å². The van der Waals surface area contributed by atoms with Crippen molar-refractivity contribution in [2.45, 2.75) is 58.1 Å². The van der Waals surface area contributed by atoms with Crippen molar-refractivity contribution in [3.05, 3.63) is 0 Å². The van der Waals surface area contributed by atoms with Crippen molar-refractivity contribution in [3.63, 3.8) is 0 Å². The fourth-order valence-electron chi connectivity index (χ4n) is 2.51. The second kappa shape index (κ2) is 6.26. The maximum Gasteiger partial charge on any atom is 0.410 e. The Balaban J connectivity index is 2.79. The van der Waals surface area contributed by atoms with Crippen molar-refractivity contribution < 1.29 is 19.1 Å². The summed E-state index contributed by atoms with van der Waals surface area (Å²) in [6.07, 6.45) is 3.62. The summed E-state index contributed by atoms with van der Waals surface area (Å²) in [4.78, 5) is 25.4. The second-order valence-electron chi connectivity index (χ2n) is 6.10. The Hall–Kier alpha value is -1.26. The van der Waals surface area contributed by atoms with Gasteiger partial charge in [0.25, 0.3) is 0 Å². The van der Waals surface area contributed by atoms with E-state index in [1.165, 1.54) is 12.0 Å². The van der Waals surface area contributed by atoms with E-state index in [1.54, 1.807) is 7.05 Å². The number of likely N-dealkylation sites (N-methyl/N-ethyl adjacent to an activating group) is 1. The van der Waals surface area contributed by atoms with Gasteiger partial charge in [0.2, 0.25) is 0 Å². The Kier molecular flexibility index (Phi) is 5.20. The van der Waals surface area contributed by atoms with Gasteiger partial charge in [-0.15, -0.1) is 0 Å². The number of rotatable bonds is 3. The molecule has 0 aromatic rings. The normalized spacial score (nSPS) is 17.9. The summed E-state index contributed by atoms with van der Waals surface area (Å²) < 4.78 is 10.2. The summed E-state index contributed by atoms with van der Waals surface area (Å²) in [5.74, 6) is -0.190. The number of amides is 1. The van der Waals surface area contributed by atoms with Gasteiger partial charge in [-0.25, -0.2) is 9.59 Å². The van der Waals surface area contributed by atoms with Gasteiger partial charge < -0.3 is 9.47 Å². The van der Waals surface area contributed by atoms with Gasteiger partial charge in [-0.1, -0.05) is 12.8 Å². The molecule has 1 fully saturated rings. The fraction of sp³-hybridized carbons (Fsp3) is 0.857. The molecule has 1 atom stereocenters. The Labute approximate surface area is 115 Å². The molecule has 0 saturated heterocycles. The fourth-order valence-corrected chi connectivity index (χ4v) is 2.51. The summed E-state index contributed by atoms with van der Waals surface area (Å²) in [6, 6.07) is -0.539. The first kappa shape index (κ1) is 15.8. The van der Waals surface area contributed by atoms with E-state index in [4.69, 9.17) is 9.47 Å². The summed E-state index contributed by atoms with van der Waals surface area (Å²) in [5.41, 5.74) is -0.568. The molecular formula is C14H25NO4. The van der Waals surface area contributed by atoms with E-state index in [-0.39, 0.29) is 11.9 Å². The maximum atomic E-state index is 12.1. The first-order chi connectivity index (χ1) is 8.76. The first-order valence-corrected chi connectivity index (χ1v) is 6.80. The van der Waals surface area contributed by atoms with Gasteiger partial charge in [-0.05, 0) is 39.5 Å². The molecule has 0 aliphatic heterocycles. The third kappa shape index (κ3) is 4.40. The number of hydrogen-bond donors (Lipinski definition) is 0. The molecule has 0 aromatic heterocycles. The molecule has 19 heavy (non-hydrogen) atoms. The van der Waals surface area contributed by atoms with Gasteiger partial charge in [0.05, 0.1) is 7.11 Å².